The molecule has 100 heavy (non-hydrogen) atoms. The van der Waals surface area contributed by atoms with Crippen molar-refractivity contribution in [2.45, 2.75) is 380 Å². The second-order valence-corrected chi connectivity index (χ2v) is 29.9. The second kappa shape index (κ2) is 73.8. The normalized spacial score (nSPS) is 14.3. The molecule has 0 aromatic heterocycles. The van der Waals surface area contributed by atoms with Crippen LogP contribution in [0.2, 0.25) is 0 Å². The van der Waals surface area contributed by atoms with Crippen molar-refractivity contribution in [2.24, 2.45) is 0 Å². The van der Waals surface area contributed by atoms with Crippen molar-refractivity contribution in [3.8, 4) is 0 Å². The second-order valence-electron chi connectivity index (χ2n) is 27.0. The summed E-state index contributed by atoms with van der Waals surface area (Å²) in [6, 6.07) is 0. The molecule has 0 radical (unpaired) electrons. The zero-order valence-corrected chi connectivity index (χ0v) is 65.4. The van der Waals surface area contributed by atoms with Crippen LogP contribution in [0.5, 0.6) is 0 Å². The molecule has 0 rings (SSSR count). The molecule has 0 heterocycles. The van der Waals surface area contributed by atoms with Crippen LogP contribution in [0, 0.1) is 0 Å². The predicted octanol–water partition coefficient (Wildman–Crippen LogP) is 23.2. The highest BCUT2D eigenvalue weighted by Crippen LogP contribution is 2.45. The SMILES string of the molecule is CC/C=C\C/C=C\C/C=C\C/C=C\C/C=C\CCCCCC(=O)OCC(COP(=O)(O)OCC(O)COP(=O)(O)OCC(COC(=O)CCCCCCCCCCCCCCCCC)OC(=O)CCCCCCCCCCCCC)OC(=O)CCCCCCC/C=C\CCCCCCCC. The Morgan fingerprint density at radius 1 is 0.290 bits per heavy atom. The smallest absolute Gasteiger partial charge is 0.462 e. The lowest BCUT2D eigenvalue weighted by molar-refractivity contribution is -0.161. The monoisotopic (exact) mass is 1450 g/mol. The van der Waals surface area contributed by atoms with E-state index in [-0.39, 0.29) is 25.7 Å². The summed E-state index contributed by atoms with van der Waals surface area (Å²) in [6.45, 7) is 4.77. The van der Waals surface area contributed by atoms with Gasteiger partial charge in [-0.2, -0.15) is 0 Å². The lowest BCUT2D eigenvalue weighted by Gasteiger charge is -2.21. The Morgan fingerprint density at radius 3 is 0.820 bits per heavy atom. The maximum atomic E-state index is 13.1. The van der Waals surface area contributed by atoms with E-state index in [2.05, 4.69) is 101 Å². The highest BCUT2D eigenvalue weighted by molar-refractivity contribution is 7.47. The van der Waals surface area contributed by atoms with Crippen molar-refractivity contribution in [2.75, 3.05) is 39.6 Å². The fourth-order valence-electron chi connectivity index (χ4n) is 11.1. The van der Waals surface area contributed by atoms with Crippen LogP contribution in [-0.4, -0.2) is 96.7 Å². The van der Waals surface area contributed by atoms with Crippen LogP contribution in [0.1, 0.15) is 362 Å². The van der Waals surface area contributed by atoms with Crippen molar-refractivity contribution in [1.29, 1.82) is 0 Å². The molecular weight excluding hydrogens is 1310 g/mol. The Kier molecular flexibility index (Phi) is 71.2. The van der Waals surface area contributed by atoms with Crippen molar-refractivity contribution in [3.05, 3.63) is 72.9 Å². The molecule has 0 aliphatic rings. The van der Waals surface area contributed by atoms with E-state index in [4.69, 9.17) is 37.0 Å². The van der Waals surface area contributed by atoms with Gasteiger partial charge in [-0.3, -0.25) is 37.3 Å². The van der Waals surface area contributed by atoms with Crippen LogP contribution in [-0.2, 0) is 65.4 Å². The van der Waals surface area contributed by atoms with Gasteiger partial charge in [-0.1, -0.05) is 312 Å². The zero-order chi connectivity index (χ0) is 73.2. The lowest BCUT2D eigenvalue weighted by Crippen LogP contribution is -2.30. The summed E-state index contributed by atoms with van der Waals surface area (Å²) in [7, 11) is -9.95. The number of phosphoric acid groups is 2. The predicted molar refractivity (Wildman–Crippen MR) is 409 cm³/mol. The molecule has 0 spiro atoms. The molecule has 19 heteroatoms. The number of allylic oxidation sites excluding steroid dienone is 12. The number of aliphatic hydroxyl groups is 1. The molecule has 0 saturated heterocycles. The van der Waals surface area contributed by atoms with E-state index in [9.17, 15) is 43.2 Å². The van der Waals surface area contributed by atoms with Gasteiger partial charge in [0.25, 0.3) is 0 Å². The molecule has 0 aliphatic heterocycles. The Hall–Kier alpha value is -3.50. The summed E-state index contributed by atoms with van der Waals surface area (Å²) < 4.78 is 68.6. The number of phosphoric ester groups is 2. The maximum absolute atomic E-state index is 13.1. The molecule has 3 N–H and O–H groups in total. The molecule has 17 nitrogen and oxygen atoms in total. The van der Waals surface area contributed by atoms with Gasteiger partial charge in [0.1, 0.15) is 19.3 Å². The number of esters is 4. The van der Waals surface area contributed by atoms with Crippen LogP contribution in [0.3, 0.4) is 0 Å². The first-order valence-electron chi connectivity index (χ1n) is 40.2. The number of hydrogen-bond donors (Lipinski definition) is 3. The highest BCUT2D eigenvalue weighted by Gasteiger charge is 2.30. The summed E-state index contributed by atoms with van der Waals surface area (Å²) in [4.78, 5) is 72.9. The van der Waals surface area contributed by atoms with Gasteiger partial charge in [-0.05, 0) is 96.3 Å². The van der Waals surface area contributed by atoms with E-state index in [1.165, 1.54) is 148 Å². The van der Waals surface area contributed by atoms with Gasteiger partial charge < -0.3 is 33.8 Å². The molecule has 0 aromatic carbocycles. The van der Waals surface area contributed by atoms with E-state index < -0.39 is 97.5 Å². The minimum Gasteiger partial charge on any atom is -0.462 e. The van der Waals surface area contributed by atoms with E-state index >= 15 is 0 Å². The molecule has 0 bridgehead atoms. The average Bonchev–Trinajstić information content (AvgIpc) is 0.985. The van der Waals surface area contributed by atoms with Crippen LogP contribution in [0.4, 0.5) is 0 Å². The van der Waals surface area contributed by atoms with Crippen molar-refractivity contribution >= 4 is 39.5 Å². The van der Waals surface area contributed by atoms with Gasteiger partial charge in [-0.25, -0.2) is 9.13 Å². The van der Waals surface area contributed by atoms with Crippen LogP contribution >= 0.6 is 15.6 Å². The van der Waals surface area contributed by atoms with Gasteiger partial charge in [0.05, 0.1) is 26.4 Å². The lowest BCUT2D eigenvalue weighted by atomic mass is 10.0. The minimum absolute atomic E-state index is 0.0801. The molecule has 582 valence electrons. The number of hydrogen-bond acceptors (Lipinski definition) is 15. The highest BCUT2D eigenvalue weighted by atomic mass is 31.2. The topological polar surface area (TPSA) is 237 Å². The quantitative estimate of drug-likeness (QED) is 0.0169. The van der Waals surface area contributed by atoms with E-state index in [1.807, 2.05) is 0 Å². The zero-order valence-electron chi connectivity index (χ0n) is 63.6. The summed E-state index contributed by atoms with van der Waals surface area (Å²) in [5.74, 6) is -2.19. The van der Waals surface area contributed by atoms with Crippen LogP contribution in [0.15, 0.2) is 72.9 Å². The summed E-state index contributed by atoms with van der Waals surface area (Å²) >= 11 is 0. The molecule has 5 atom stereocenters. The summed E-state index contributed by atoms with van der Waals surface area (Å²) in [6.07, 6.45) is 74.5. The molecule has 0 fully saturated rings. The Balaban J connectivity index is 5.33. The number of unbranched alkanes of at least 4 members (excludes halogenated alkanes) is 38. The van der Waals surface area contributed by atoms with Crippen molar-refractivity contribution < 1.29 is 80.2 Å². The Morgan fingerprint density at radius 2 is 0.520 bits per heavy atom. The third-order valence-electron chi connectivity index (χ3n) is 17.2. The first kappa shape index (κ1) is 96.5. The largest absolute Gasteiger partial charge is 0.472 e. The first-order valence-corrected chi connectivity index (χ1v) is 43.2. The van der Waals surface area contributed by atoms with E-state index in [0.717, 1.165) is 135 Å². The third-order valence-corrected chi connectivity index (χ3v) is 19.1. The van der Waals surface area contributed by atoms with Crippen molar-refractivity contribution in [3.63, 3.8) is 0 Å². The van der Waals surface area contributed by atoms with Gasteiger partial charge in [-0.15, -0.1) is 0 Å². The summed E-state index contributed by atoms with van der Waals surface area (Å²) in [5.41, 5.74) is 0. The first-order chi connectivity index (χ1) is 48.7. The third kappa shape index (κ3) is 72.8. The molecular formula is C81H146O17P2. The van der Waals surface area contributed by atoms with Gasteiger partial charge in [0.2, 0.25) is 0 Å². The number of ether oxygens (including phenoxy) is 4. The van der Waals surface area contributed by atoms with Gasteiger partial charge >= 0.3 is 39.5 Å². The fourth-order valence-corrected chi connectivity index (χ4v) is 12.6. The standard InChI is InChI=1S/C81H146O17P2/c1-5-9-13-17-21-25-29-32-35-36-37-38-41-43-47-50-54-58-62-66-79(84)92-72-77(98-81(86)68-64-60-56-52-48-44-40-34-31-27-23-19-15-11-7-3)74-96-100(89,90)94-70-75(82)69-93-99(87,88)95-73-76(97-80(85)67-63-59-55-51-45-28-24-20-16-12-8-4)71-91-78(83)65-61-57-53-49-46-42-39-33-30-26-22-18-14-10-6-2/h9,13,21,25,32,34-35,37-38,40,43,47,75-77,82H,5-8,10-12,14-20,22-24,26-31,33,36,39,41-42,44-46,48-74H2,1-4H3,(H,87,88)(H,89,90)/b13-9-,25-21-,35-32-,38-37-,40-34-,47-43-. The van der Waals surface area contributed by atoms with Gasteiger partial charge in [0, 0.05) is 25.7 Å². The van der Waals surface area contributed by atoms with Crippen molar-refractivity contribution in [1.82, 2.24) is 0 Å². The molecule has 5 unspecified atom stereocenters. The Bertz CT molecular complexity index is 2180. The van der Waals surface area contributed by atoms with E-state index in [0.29, 0.717) is 25.7 Å². The molecule has 0 saturated carbocycles. The van der Waals surface area contributed by atoms with Crippen LogP contribution < -0.4 is 0 Å². The average molecular weight is 1450 g/mol. The van der Waals surface area contributed by atoms with Crippen LogP contribution in [0.25, 0.3) is 0 Å². The van der Waals surface area contributed by atoms with E-state index in [1.54, 1.807) is 0 Å². The number of carbonyl (C=O) groups is 4. The van der Waals surface area contributed by atoms with Gasteiger partial charge in [0.15, 0.2) is 12.2 Å². The number of rotatable bonds is 76. The summed E-state index contributed by atoms with van der Waals surface area (Å²) in [5, 5.41) is 10.6. The Labute approximate surface area is 609 Å². The fraction of sp³-hybridized carbons (Fsp3) is 0.802. The molecule has 0 aliphatic carbocycles. The maximum Gasteiger partial charge on any atom is 0.472 e. The molecule has 0 aromatic rings. The number of carbonyl (C=O) groups excluding carboxylic acids is 4. The minimum atomic E-state index is -4.98. The number of aliphatic hydroxyl groups excluding tert-OH is 1. The molecule has 0 amide bonds.